The first kappa shape index (κ1) is 14.5. The fourth-order valence-corrected chi connectivity index (χ4v) is 2.21. The average Bonchev–Trinajstić information content (AvgIpc) is 2.89. The van der Waals surface area contributed by atoms with Crippen molar-refractivity contribution in [1.29, 1.82) is 0 Å². The summed E-state index contributed by atoms with van der Waals surface area (Å²) >= 11 is 4.80. The number of benzene rings is 1. The number of aromatic carboxylic acids is 1. The molecule has 0 aromatic heterocycles. The molecule has 2 rings (SSSR count). The van der Waals surface area contributed by atoms with Crippen LogP contribution >= 0.6 is 12.2 Å². The standard InChI is InChI=1S/C13H17N3O3S/c14-13(20)16-11-6-8(12(17)18)3-4-10(11)15-7-9-2-1-5-19-9/h3-4,6,9,15H,1-2,5,7H2,(H,17,18)(H3,14,16,20). The van der Waals surface area contributed by atoms with Gasteiger partial charge in [0.2, 0.25) is 0 Å². The minimum Gasteiger partial charge on any atom is -0.478 e. The van der Waals surface area contributed by atoms with Crippen LogP contribution in [0, 0.1) is 0 Å². The third-order valence-electron chi connectivity index (χ3n) is 3.07. The number of hydrogen-bond acceptors (Lipinski definition) is 4. The van der Waals surface area contributed by atoms with Crippen LogP contribution in [0.5, 0.6) is 0 Å². The third-order valence-corrected chi connectivity index (χ3v) is 3.17. The molecule has 1 aliphatic rings. The molecule has 1 heterocycles. The van der Waals surface area contributed by atoms with E-state index in [0.29, 0.717) is 12.2 Å². The molecule has 0 amide bonds. The van der Waals surface area contributed by atoms with Crippen LogP contribution in [0.3, 0.4) is 0 Å². The maximum absolute atomic E-state index is 11.0. The van der Waals surface area contributed by atoms with Crippen LogP contribution in [-0.4, -0.2) is 35.4 Å². The summed E-state index contributed by atoms with van der Waals surface area (Å²) in [6.07, 6.45) is 2.28. The van der Waals surface area contributed by atoms with Gasteiger partial charge in [0.05, 0.1) is 23.0 Å². The molecule has 1 fully saturated rings. The van der Waals surface area contributed by atoms with E-state index in [4.69, 9.17) is 27.8 Å². The van der Waals surface area contributed by atoms with Gasteiger partial charge < -0.3 is 26.2 Å². The predicted octanol–water partition coefficient (Wildman–Crippen LogP) is 1.63. The Morgan fingerprint density at radius 1 is 1.50 bits per heavy atom. The Morgan fingerprint density at radius 3 is 2.90 bits per heavy atom. The van der Waals surface area contributed by atoms with Crippen LogP contribution in [0.1, 0.15) is 23.2 Å². The minimum absolute atomic E-state index is 0.0905. The molecule has 7 heteroatoms. The van der Waals surface area contributed by atoms with Gasteiger partial charge in [0.1, 0.15) is 0 Å². The maximum Gasteiger partial charge on any atom is 0.335 e. The highest BCUT2D eigenvalue weighted by Gasteiger charge is 2.16. The molecule has 5 N–H and O–H groups in total. The molecule has 6 nitrogen and oxygen atoms in total. The van der Waals surface area contributed by atoms with Crippen molar-refractivity contribution in [2.75, 3.05) is 23.8 Å². The van der Waals surface area contributed by atoms with E-state index in [1.165, 1.54) is 12.1 Å². The SMILES string of the molecule is NC(=S)Nc1cc(C(=O)O)ccc1NCC1CCCO1. The monoisotopic (exact) mass is 295 g/mol. The van der Waals surface area contributed by atoms with Crippen molar-refractivity contribution in [3.8, 4) is 0 Å². The normalized spacial score (nSPS) is 17.7. The average molecular weight is 295 g/mol. The number of thiocarbonyl (C=S) groups is 1. The Hall–Kier alpha value is -1.86. The lowest BCUT2D eigenvalue weighted by molar-refractivity contribution is 0.0697. The quantitative estimate of drug-likeness (QED) is 0.613. The Kier molecular flexibility index (Phi) is 4.75. The number of nitrogens with one attached hydrogen (secondary N) is 2. The molecule has 1 aromatic rings. The highest BCUT2D eigenvalue weighted by atomic mass is 32.1. The van der Waals surface area contributed by atoms with Crippen LogP contribution in [0.4, 0.5) is 11.4 Å². The van der Waals surface area contributed by atoms with Gasteiger partial charge in [0, 0.05) is 13.2 Å². The van der Waals surface area contributed by atoms with Gasteiger partial charge in [0.15, 0.2) is 5.11 Å². The number of carbonyl (C=O) groups is 1. The summed E-state index contributed by atoms with van der Waals surface area (Å²) in [6.45, 7) is 1.46. The molecule has 0 radical (unpaired) electrons. The highest BCUT2D eigenvalue weighted by molar-refractivity contribution is 7.80. The fraction of sp³-hybridized carbons (Fsp3) is 0.385. The topological polar surface area (TPSA) is 96.6 Å². The summed E-state index contributed by atoms with van der Waals surface area (Å²) < 4.78 is 5.53. The van der Waals surface area contributed by atoms with Crippen molar-refractivity contribution >= 4 is 34.7 Å². The molecule has 0 bridgehead atoms. The second kappa shape index (κ2) is 6.53. The lowest BCUT2D eigenvalue weighted by atomic mass is 10.1. The van der Waals surface area contributed by atoms with E-state index >= 15 is 0 Å². The molecule has 1 aliphatic heterocycles. The predicted molar refractivity (Wildman–Crippen MR) is 81.3 cm³/mol. The van der Waals surface area contributed by atoms with E-state index in [2.05, 4.69) is 10.6 Å². The first-order valence-electron chi connectivity index (χ1n) is 6.35. The lowest BCUT2D eigenvalue weighted by Crippen LogP contribution is -2.22. The smallest absolute Gasteiger partial charge is 0.335 e. The third kappa shape index (κ3) is 3.82. The van der Waals surface area contributed by atoms with E-state index in [1.807, 2.05) is 0 Å². The van der Waals surface area contributed by atoms with Crippen molar-refractivity contribution in [3.63, 3.8) is 0 Å². The number of hydrogen-bond donors (Lipinski definition) is 4. The van der Waals surface area contributed by atoms with Crippen molar-refractivity contribution in [1.82, 2.24) is 0 Å². The summed E-state index contributed by atoms with van der Waals surface area (Å²) in [5, 5.41) is 15.1. The minimum atomic E-state index is -0.998. The van der Waals surface area contributed by atoms with Gasteiger partial charge in [-0.15, -0.1) is 0 Å². The highest BCUT2D eigenvalue weighted by Crippen LogP contribution is 2.24. The number of carboxylic acid groups (broad SMARTS) is 1. The molecule has 1 unspecified atom stereocenters. The van der Waals surface area contributed by atoms with E-state index < -0.39 is 5.97 Å². The zero-order chi connectivity index (χ0) is 14.5. The van der Waals surface area contributed by atoms with Crippen molar-refractivity contribution in [2.24, 2.45) is 5.73 Å². The van der Waals surface area contributed by atoms with Crippen LogP contribution in [0.25, 0.3) is 0 Å². The Labute approximate surface area is 122 Å². The summed E-state index contributed by atoms with van der Waals surface area (Å²) in [6, 6.07) is 4.73. The van der Waals surface area contributed by atoms with Gasteiger partial charge in [0.25, 0.3) is 0 Å². The van der Waals surface area contributed by atoms with E-state index in [-0.39, 0.29) is 16.8 Å². The van der Waals surface area contributed by atoms with Gasteiger partial charge >= 0.3 is 5.97 Å². The molecular formula is C13H17N3O3S. The zero-order valence-electron chi connectivity index (χ0n) is 10.9. The molecule has 0 spiro atoms. The molecular weight excluding hydrogens is 278 g/mol. The molecule has 1 atom stereocenters. The van der Waals surface area contributed by atoms with Crippen LogP contribution < -0.4 is 16.4 Å². The van der Waals surface area contributed by atoms with E-state index in [9.17, 15) is 4.79 Å². The first-order valence-corrected chi connectivity index (χ1v) is 6.76. The number of rotatable bonds is 5. The fourth-order valence-electron chi connectivity index (χ4n) is 2.10. The Morgan fingerprint density at radius 2 is 2.30 bits per heavy atom. The molecule has 1 aromatic carbocycles. The van der Waals surface area contributed by atoms with E-state index in [0.717, 1.165) is 25.1 Å². The zero-order valence-corrected chi connectivity index (χ0v) is 11.7. The molecule has 0 saturated carbocycles. The van der Waals surface area contributed by atoms with Crippen LogP contribution in [-0.2, 0) is 4.74 Å². The largest absolute Gasteiger partial charge is 0.478 e. The number of anilines is 2. The molecule has 0 aliphatic carbocycles. The van der Waals surface area contributed by atoms with Gasteiger partial charge in [-0.2, -0.15) is 0 Å². The maximum atomic E-state index is 11.0. The van der Waals surface area contributed by atoms with Crippen LogP contribution in [0.2, 0.25) is 0 Å². The molecule has 1 saturated heterocycles. The Balaban J connectivity index is 2.12. The van der Waals surface area contributed by atoms with Crippen molar-refractivity contribution in [2.45, 2.75) is 18.9 Å². The molecule has 20 heavy (non-hydrogen) atoms. The van der Waals surface area contributed by atoms with Gasteiger partial charge in [-0.1, -0.05) is 0 Å². The summed E-state index contributed by atoms with van der Waals surface area (Å²) in [5.41, 5.74) is 6.93. The van der Waals surface area contributed by atoms with Gasteiger partial charge in [-0.05, 0) is 43.3 Å². The number of nitrogens with two attached hydrogens (primary N) is 1. The Bertz CT molecular complexity index is 516. The van der Waals surface area contributed by atoms with Gasteiger partial charge in [-0.25, -0.2) is 4.79 Å². The van der Waals surface area contributed by atoms with Crippen LogP contribution in [0.15, 0.2) is 18.2 Å². The molecule has 108 valence electrons. The summed E-state index contributed by atoms with van der Waals surface area (Å²) in [5.74, 6) is -0.998. The van der Waals surface area contributed by atoms with Crippen molar-refractivity contribution in [3.05, 3.63) is 23.8 Å². The number of carboxylic acids is 1. The van der Waals surface area contributed by atoms with Gasteiger partial charge in [-0.3, -0.25) is 0 Å². The second-order valence-corrected chi connectivity index (χ2v) is 5.01. The van der Waals surface area contributed by atoms with E-state index in [1.54, 1.807) is 6.07 Å². The second-order valence-electron chi connectivity index (χ2n) is 4.57. The first-order chi connectivity index (χ1) is 9.56. The number of ether oxygens (including phenoxy) is 1. The summed E-state index contributed by atoms with van der Waals surface area (Å²) in [7, 11) is 0. The lowest BCUT2D eigenvalue weighted by Gasteiger charge is -2.16. The van der Waals surface area contributed by atoms with Crippen molar-refractivity contribution < 1.29 is 14.6 Å². The summed E-state index contributed by atoms with van der Waals surface area (Å²) in [4.78, 5) is 11.0.